The molecule has 1 aromatic rings. The lowest BCUT2D eigenvalue weighted by Crippen LogP contribution is -2.59. The van der Waals surface area contributed by atoms with Gasteiger partial charge in [0.2, 0.25) is 10.0 Å². The van der Waals surface area contributed by atoms with Crippen molar-refractivity contribution in [1.82, 2.24) is 10.0 Å². The second-order valence-corrected chi connectivity index (χ2v) is 10.2. The Morgan fingerprint density at radius 2 is 2.25 bits per heavy atom. The fraction of sp³-hybridized carbons (Fsp3) is 0.692. The van der Waals surface area contributed by atoms with E-state index in [2.05, 4.69) is 26.0 Å². The van der Waals surface area contributed by atoms with Crippen LogP contribution in [0, 0.1) is 6.92 Å². The van der Waals surface area contributed by atoms with E-state index in [0.717, 1.165) is 28.7 Å². The smallest absolute Gasteiger partial charge is 0.250 e. The van der Waals surface area contributed by atoms with E-state index < -0.39 is 10.0 Å². The van der Waals surface area contributed by atoms with Crippen molar-refractivity contribution >= 4 is 37.3 Å². The first-order valence-corrected chi connectivity index (χ1v) is 10.0. The lowest BCUT2D eigenvalue weighted by Gasteiger charge is -2.48. The Balaban J connectivity index is 1.73. The van der Waals surface area contributed by atoms with Gasteiger partial charge in [-0.15, -0.1) is 11.3 Å². The topological polar surface area (TPSA) is 58.2 Å². The van der Waals surface area contributed by atoms with Crippen molar-refractivity contribution in [3.63, 3.8) is 0 Å². The van der Waals surface area contributed by atoms with Crippen molar-refractivity contribution in [2.75, 3.05) is 6.54 Å². The van der Waals surface area contributed by atoms with Crippen LogP contribution in [0.5, 0.6) is 0 Å². The highest BCUT2D eigenvalue weighted by atomic mass is 79.9. The molecule has 2 fully saturated rings. The van der Waals surface area contributed by atoms with Gasteiger partial charge in [-0.05, 0) is 73.1 Å². The van der Waals surface area contributed by atoms with Crippen molar-refractivity contribution in [3.05, 3.63) is 15.4 Å². The predicted octanol–water partition coefficient (Wildman–Crippen LogP) is 2.77. The zero-order valence-corrected chi connectivity index (χ0v) is 14.6. The summed E-state index contributed by atoms with van der Waals surface area (Å²) in [6, 6.07) is 1.79. The number of hydrogen-bond donors (Lipinski definition) is 2. The summed E-state index contributed by atoms with van der Waals surface area (Å²) < 4.78 is 29.1. The van der Waals surface area contributed by atoms with Crippen LogP contribution in [0.15, 0.2) is 14.1 Å². The molecule has 20 heavy (non-hydrogen) atoms. The molecule has 4 nitrogen and oxygen atoms in total. The summed E-state index contributed by atoms with van der Waals surface area (Å²) in [5, 5.41) is 3.56. The molecule has 0 aromatic carbocycles. The van der Waals surface area contributed by atoms with Gasteiger partial charge < -0.3 is 5.32 Å². The van der Waals surface area contributed by atoms with E-state index in [4.69, 9.17) is 0 Å². The second-order valence-electron chi connectivity index (χ2n) is 5.89. The quantitative estimate of drug-likeness (QED) is 0.849. The first-order chi connectivity index (χ1) is 9.40. The van der Waals surface area contributed by atoms with Gasteiger partial charge in [-0.25, -0.2) is 13.1 Å². The summed E-state index contributed by atoms with van der Waals surface area (Å²) in [5.41, 5.74) is 1.17. The highest BCUT2D eigenvalue weighted by molar-refractivity contribution is 9.11. The molecule has 1 unspecified atom stereocenters. The fourth-order valence-corrected chi connectivity index (χ4v) is 6.60. The zero-order valence-electron chi connectivity index (χ0n) is 11.4. The zero-order chi connectivity index (χ0) is 14.4. The van der Waals surface area contributed by atoms with Crippen LogP contribution in [0.2, 0.25) is 0 Å². The number of sulfonamides is 1. The van der Waals surface area contributed by atoms with Crippen molar-refractivity contribution in [3.8, 4) is 0 Å². The molecule has 1 aliphatic heterocycles. The van der Waals surface area contributed by atoms with Gasteiger partial charge in [0, 0.05) is 11.6 Å². The van der Waals surface area contributed by atoms with Crippen LogP contribution in [0.25, 0.3) is 0 Å². The van der Waals surface area contributed by atoms with E-state index in [1.807, 2.05) is 6.92 Å². The van der Waals surface area contributed by atoms with Gasteiger partial charge in [-0.1, -0.05) is 0 Å². The first kappa shape index (κ1) is 15.0. The molecule has 1 saturated carbocycles. The van der Waals surface area contributed by atoms with Crippen LogP contribution >= 0.6 is 27.3 Å². The monoisotopic (exact) mass is 378 g/mol. The number of rotatable bonds is 3. The van der Waals surface area contributed by atoms with Crippen molar-refractivity contribution in [2.24, 2.45) is 0 Å². The van der Waals surface area contributed by atoms with Gasteiger partial charge in [0.15, 0.2) is 0 Å². The summed E-state index contributed by atoms with van der Waals surface area (Å²) in [6.45, 7) is 2.81. The lowest BCUT2D eigenvalue weighted by atomic mass is 9.70. The highest BCUT2D eigenvalue weighted by Crippen LogP contribution is 2.39. The lowest BCUT2D eigenvalue weighted by molar-refractivity contribution is 0.126. The van der Waals surface area contributed by atoms with Crippen molar-refractivity contribution in [1.29, 1.82) is 0 Å². The first-order valence-electron chi connectivity index (χ1n) is 6.94. The van der Waals surface area contributed by atoms with Crippen LogP contribution in [-0.4, -0.2) is 26.5 Å². The molecule has 1 saturated heterocycles. The minimum Gasteiger partial charge on any atom is -0.311 e. The van der Waals surface area contributed by atoms with Gasteiger partial charge in [0.05, 0.1) is 3.79 Å². The third kappa shape index (κ3) is 2.83. The number of thiophene rings is 1. The Hall–Kier alpha value is 0.0500. The molecule has 3 rings (SSSR count). The standard InChI is InChI=1S/C13H19BrN2O2S2/c1-9-7-11(19-12(9)14)20(17,18)16-10-3-6-15-13(8-10)4-2-5-13/h7,10,15-16H,2-6,8H2,1H3. The number of halogens is 1. The second kappa shape index (κ2) is 5.35. The van der Waals surface area contributed by atoms with E-state index in [9.17, 15) is 8.42 Å². The van der Waals surface area contributed by atoms with Crippen LogP contribution in [-0.2, 0) is 10.0 Å². The van der Waals surface area contributed by atoms with Gasteiger partial charge in [-0.2, -0.15) is 0 Å². The summed E-state index contributed by atoms with van der Waals surface area (Å²) in [4.78, 5) is 0. The Bertz CT molecular complexity index is 588. The maximum absolute atomic E-state index is 12.4. The number of nitrogens with one attached hydrogen (secondary N) is 2. The van der Waals surface area contributed by atoms with Gasteiger partial charge in [0.1, 0.15) is 4.21 Å². The van der Waals surface area contributed by atoms with E-state index in [1.165, 1.54) is 30.6 Å². The van der Waals surface area contributed by atoms with E-state index in [1.54, 1.807) is 6.07 Å². The molecule has 2 N–H and O–H groups in total. The maximum atomic E-state index is 12.4. The normalized spacial score (nSPS) is 25.6. The van der Waals surface area contributed by atoms with Gasteiger partial charge >= 0.3 is 0 Å². The molecule has 7 heteroatoms. The Morgan fingerprint density at radius 1 is 1.50 bits per heavy atom. The SMILES string of the molecule is Cc1cc(S(=O)(=O)NC2CCNC3(CCC3)C2)sc1Br. The molecule has 0 amide bonds. The highest BCUT2D eigenvalue weighted by Gasteiger charge is 2.41. The molecule has 1 aromatic heterocycles. The molecule has 1 aliphatic carbocycles. The largest absolute Gasteiger partial charge is 0.311 e. The average molecular weight is 379 g/mol. The van der Waals surface area contributed by atoms with E-state index in [-0.39, 0.29) is 11.6 Å². The summed E-state index contributed by atoms with van der Waals surface area (Å²) in [7, 11) is -3.39. The van der Waals surface area contributed by atoms with Crippen molar-refractivity contribution in [2.45, 2.75) is 54.8 Å². The summed E-state index contributed by atoms with van der Waals surface area (Å²) in [6.07, 6.45) is 5.39. The van der Waals surface area contributed by atoms with Crippen molar-refractivity contribution < 1.29 is 8.42 Å². The maximum Gasteiger partial charge on any atom is 0.250 e. The van der Waals surface area contributed by atoms with Crippen LogP contribution in [0.3, 0.4) is 0 Å². The van der Waals surface area contributed by atoms with Crippen LogP contribution < -0.4 is 10.0 Å². The fourth-order valence-electron chi connectivity index (χ4n) is 3.08. The third-order valence-electron chi connectivity index (χ3n) is 4.36. The Labute approximate surface area is 132 Å². The average Bonchev–Trinajstić information content (AvgIpc) is 2.68. The summed E-state index contributed by atoms with van der Waals surface area (Å²) in [5.74, 6) is 0. The minimum absolute atomic E-state index is 0.0581. The Kier molecular flexibility index (Phi) is 4.01. The van der Waals surface area contributed by atoms with Gasteiger partial charge in [-0.3, -0.25) is 0 Å². The number of aryl methyl sites for hydroxylation is 1. The molecule has 0 radical (unpaired) electrons. The minimum atomic E-state index is -3.39. The third-order valence-corrected chi connectivity index (χ3v) is 8.49. The van der Waals surface area contributed by atoms with Crippen LogP contribution in [0.1, 0.15) is 37.7 Å². The molecule has 2 heterocycles. The Morgan fingerprint density at radius 3 is 2.80 bits per heavy atom. The molecule has 112 valence electrons. The van der Waals surface area contributed by atoms with E-state index >= 15 is 0 Å². The molecular weight excluding hydrogens is 360 g/mol. The number of piperidine rings is 1. The van der Waals surface area contributed by atoms with E-state index in [0.29, 0.717) is 4.21 Å². The molecule has 0 bridgehead atoms. The molecule has 1 spiro atoms. The van der Waals surface area contributed by atoms with Gasteiger partial charge in [0.25, 0.3) is 0 Å². The predicted molar refractivity (Wildman–Crippen MR) is 84.7 cm³/mol. The van der Waals surface area contributed by atoms with Crippen LogP contribution in [0.4, 0.5) is 0 Å². The molecular formula is C13H19BrN2O2S2. The summed E-state index contributed by atoms with van der Waals surface area (Å²) >= 11 is 4.67. The molecule has 1 atom stereocenters. The number of hydrogen-bond acceptors (Lipinski definition) is 4. The molecule has 2 aliphatic rings.